The van der Waals surface area contributed by atoms with Gasteiger partial charge in [-0.2, -0.15) is 0 Å². The highest BCUT2D eigenvalue weighted by Crippen LogP contribution is 2.15. The van der Waals surface area contributed by atoms with Gasteiger partial charge in [0.2, 0.25) is 0 Å². The molecule has 0 aromatic heterocycles. The minimum Gasteiger partial charge on any atom is -0.313 e. The van der Waals surface area contributed by atoms with Crippen molar-refractivity contribution in [3.8, 4) is 0 Å². The molecule has 0 fully saturated rings. The molecule has 2 heteroatoms. The Labute approximate surface area is 78.7 Å². The summed E-state index contributed by atoms with van der Waals surface area (Å²) in [5.41, 5.74) is 1.31. The molecule has 0 aliphatic rings. The van der Waals surface area contributed by atoms with E-state index in [0.29, 0.717) is 11.9 Å². The standard InChI is InChI=1S/C10H14ClN/c1-12-10(7-8-11)9-5-3-2-4-6-9/h2-6,10,12H,7-8H2,1H3. The highest BCUT2D eigenvalue weighted by molar-refractivity contribution is 6.17. The molecule has 12 heavy (non-hydrogen) atoms. The number of hydrogen-bond acceptors (Lipinski definition) is 1. The lowest BCUT2D eigenvalue weighted by molar-refractivity contribution is 0.580. The average Bonchev–Trinajstić information content (AvgIpc) is 2.15. The second-order valence-electron chi connectivity index (χ2n) is 2.73. The summed E-state index contributed by atoms with van der Waals surface area (Å²) in [4.78, 5) is 0. The fourth-order valence-corrected chi connectivity index (χ4v) is 1.49. The topological polar surface area (TPSA) is 12.0 Å². The van der Waals surface area contributed by atoms with E-state index in [-0.39, 0.29) is 0 Å². The van der Waals surface area contributed by atoms with Gasteiger partial charge >= 0.3 is 0 Å². The first-order valence-corrected chi connectivity index (χ1v) is 4.70. The van der Waals surface area contributed by atoms with Crippen LogP contribution in [0.15, 0.2) is 30.3 Å². The minimum atomic E-state index is 0.392. The third kappa shape index (κ3) is 2.50. The summed E-state index contributed by atoms with van der Waals surface area (Å²) in [6.07, 6.45) is 0.974. The minimum absolute atomic E-state index is 0.392. The molecule has 0 saturated carbocycles. The molecule has 0 heterocycles. The van der Waals surface area contributed by atoms with Crippen LogP contribution in [0.2, 0.25) is 0 Å². The van der Waals surface area contributed by atoms with Gasteiger partial charge in [0.25, 0.3) is 0 Å². The molecular weight excluding hydrogens is 170 g/mol. The van der Waals surface area contributed by atoms with Gasteiger partial charge in [-0.3, -0.25) is 0 Å². The highest BCUT2D eigenvalue weighted by atomic mass is 35.5. The number of benzene rings is 1. The molecule has 0 aliphatic carbocycles. The van der Waals surface area contributed by atoms with Gasteiger partial charge in [0.05, 0.1) is 0 Å². The van der Waals surface area contributed by atoms with E-state index in [1.165, 1.54) is 5.56 Å². The Morgan fingerprint density at radius 2 is 2.00 bits per heavy atom. The molecule has 1 rings (SSSR count). The Morgan fingerprint density at radius 3 is 2.50 bits per heavy atom. The molecule has 1 nitrogen and oxygen atoms in total. The maximum absolute atomic E-state index is 5.68. The average molecular weight is 184 g/mol. The third-order valence-electron chi connectivity index (χ3n) is 1.95. The van der Waals surface area contributed by atoms with E-state index in [1.54, 1.807) is 0 Å². The second kappa shape index (κ2) is 5.18. The van der Waals surface area contributed by atoms with Crippen molar-refractivity contribution >= 4 is 11.6 Å². The van der Waals surface area contributed by atoms with Crippen molar-refractivity contribution in [1.29, 1.82) is 0 Å². The van der Waals surface area contributed by atoms with Crippen LogP contribution in [0.1, 0.15) is 18.0 Å². The summed E-state index contributed by atoms with van der Waals surface area (Å²) in [5, 5.41) is 3.23. The Bertz CT molecular complexity index is 210. The van der Waals surface area contributed by atoms with Crippen molar-refractivity contribution in [2.45, 2.75) is 12.5 Å². The van der Waals surface area contributed by atoms with Crippen molar-refractivity contribution in [3.05, 3.63) is 35.9 Å². The zero-order chi connectivity index (χ0) is 8.81. The van der Waals surface area contributed by atoms with Gasteiger partial charge in [-0.05, 0) is 19.0 Å². The molecule has 0 aliphatic heterocycles. The number of rotatable bonds is 4. The smallest absolute Gasteiger partial charge is 0.0328 e. The van der Waals surface area contributed by atoms with Gasteiger partial charge in [0.1, 0.15) is 0 Å². The maximum Gasteiger partial charge on any atom is 0.0328 e. The number of alkyl halides is 1. The first-order chi connectivity index (χ1) is 5.88. The molecule has 0 bridgehead atoms. The van der Waals surface area contributed by atoms with Gasteiger partial charge < -0.3 is 5.32 Å². The van der Waals surface area contributed by atoms with E-state index in [9.17, 15) is 0 Å². The van der Waals surface area contributed by atoms with E-state index in [1.807, 2.05) is 25.2 Å². The van der Waals surface area contributed by atoms with Crippen LogP contribution in [0.25, 0.3) is 0 Å². The fourth-order valence-electron chi connectivity index (χ4n) is 1.27. The summed E-state index contributed by atoms with van der Waals surface area (Å²) in [6.45, 7) is 0. The van der Waals surface area contributed by atoms with E-state index >= 15 is 0 Å². The molecule has 1 aromatic carbocycles. The van der Waals surface area contributed by atoms with Crippen molar-refractivity contribution in [2.24, 2.45) is 0 Å². The van der Waals surface area contributed by atoms with Crippen molar-refractivity contribution in [2.75, 3.05) is 12.9 Å². The van der Waals surface area contributed by atoms with Crippen LogP contribution in [0.5, 0.6) is 0 Å². The second-order valence-corrected chi connectivity index (χ2v) is 3.11. The van der Waals surface area contributed by atoms with E-state index in [4.69, 9.17) is 11.6 Å². The number of halogens is 1. The lowest BCUT2D eigenvalue weighted by Crippen LogP contribution is -2.16. The molecule has 66 valence electrons. The Balaban J connectivity index is 2.66. The monoisotopic (exact) mass is 183 g/mol. The van der Waals surface area contributed by atoms with Crippen molar-refractivity contribution in [1.82, 2.24) is 5.32 Å². The molecule has 0 radical (unpaired) electrons. The van der Waals surface area contributed by atoms with Crippen LogP contribution in [0.3, 0.4) is 0 Å². The maximum atomic E-state index is 5.68. The quantitative estimate of drug-likeness (QED) is 0.708. The molecule has 0 saturated heterocycles. The largest absolute Gasteiger partial charge is 0.313 e. The number of nitrogens with one attached hydrogen (secondary N) is 1. The Kier molecular flexibility index (Phi) is 4.12. The van der Waals surface area contributed by atoms with Crippen LogP contribution < -0.4 is 5.32 Å². The first-order valence-electron chi connectivity index (χ1n) is 4.16. The Morgan fingerprint density at radius 1 is 1.33 bits per heavy atom. The molecule has 1 N–H and O–H groups in total. The van der Waals surface area contributed by atoms with Gasteiger partial charge in [0.15, 0.2) is 0 Å². The van der Waals surface area contributed by atoms with Crippen molar-refractivity contribution < 1.29 is 0 Å². The molecule has 0 amide bonds. The molecule has 1 unspecified atom stereocenters. The SMILES string of the molecule is CNC(CCCl)c1ccccc1. The molecule has 0 spiro atoms. The molecule has 1 atom stereocenters. The highest BCUT2D eigenvalue weighted by Gasteiger charge is 2.05. The summed E-state index contributed by atoms with van der Waals surface area (Å²) >= 11 is 5.68. The van der Waals surface area contributed by atoms with Crippen molar-refractivity contribution in [3.63, 3.8) is 0 Å². The number of hydrogen-bond donors (Lipinski definition) is 1. The normalized spacial score (nSPS) is 12.8. The molecular formula is C10H14ClN. The van der Waals surface area contributed by atoms with Crippen LogP contribution in [-0.4, -0.2) is 12.9 Å². The van der Waals surface area contributed by atoms with E-state index in [0.717, 1.165) is 6.42 Å². The zero-order valence-corrected chi connectivity index (χ0v) is 8.01. The molecule has 1 aromatic rings. The summed E-state index contributed by atoms with van der Waals surface area (Å²) < 4.78 is 0. The van der Waals surface area contributed by atoms with Gasteiger partial charge in [0, 0.05) is 11.9 Å². The van der Waals surface area contributed by atoms with Gasteiger partial charge in [-0.1, -0.05) is 30.3 Å². The van der Waals surface area contributed by atoms with Gasteiger partial charge in [-0.25, -0.2) is 0 Å². The lowest BCUT2D eigenvalue weighted by Gasteiger charge is -2.14. The zero-order valence-electron chi connectivity index (χ0n) is 7.26. The first kappa shape index (κ1) is 9.56. The predicted octanol–water partition coefficient (Wildman–Crippen LogP) is 2.58. The third-order valence-corrected chi connectivity index (χ3v) is 2.17. The van der Waals surface area contributed by atoms with E-state index < -0.39 is 0 Å². The fraction of sp³-hybridized carbons (Fsp3) is 0.400. The summed E-state index contributed by atoms with van der Waals surface area (Å²) in [7, 11) is 1.96. The summed E-state index contributed by atoms with van der Waals surface area (Å²) in [5.74, 6) is 0.695. The van der Waals surface area contributed by atoms with Crippen LogP contribution in [-0.2, 0) is 0 Å². The Hall–Kier alpha value is -0.530. The van der Waals surface area contributed by atoms with Crippen LogP contribution in [0, 0.1) is 0 Å². The summed E-state index contributed by atoms with van der Waals surface area (Å²) in [6, 6.07) is 10.8. The van der Waals surface area contributed by atoms with Crippen LogP contribution in [0.4, 0.5) is 0 Å². The lowest BCUT2D eigenvalue weighted by atomic mass is 10.1. The van der Waals surface area contributed by atoms with Gasteiger partial charge in [-0.15, -0.1) is 11.6 Å². The van der Waals surface area contributed by atoms with Crippen LogP contribution >= 0.6 is 11.6 Å². The van der Waals surface area contributed by atoms with E-state index in [2.05, 4.69) is 17.4 Å². The predicted molar refractivity (Wildman–Crippen MR) is 53.6 cm³/mol.